The Morgan fingerprint density at radius 3 is 2.50 bits per heavy atom. The Labute approximate surface area is 67.0 Å². The third kappa shape index (κ3) is 2.84. The number of hydrogen-bond donors (Lipinski definition) is 1. The van der Waals surface area contributed by atoms with Crippen LogP contribution < -0.4 is 5.32 Å². The van der Waals surface area contributed by atoms with Crippen LogP contribution in [-0.2, 0) is 0 Å². The highest BCUT2D eigenvalue weighted by Gasteiger charge is 2.11. The molecule has 0 atom stereocenters. The minimum Gasteiger partial charge on any atom is -0.320 e. The number of rotatable bonds is 3. The minimum atomic E-state index is 0.941. The summed E-state index contributed by atoms with van der Waals surface area (Å²) in [4.78, 5) is 0. The monoisotopic (exact) mass is 154 g/mol. The van der Waals surface area contributed by atoms with E-state index >= 15 is 0 Å². The van der Waals surface area contributed by atoms with Crippen molar-refractivity contribution in [2.24, 2.45) is 5.92 Å². The summed E-state index contributed by atoms with van der Waals surface area (Å²) < 4.78 is 0. The Morgan fingerprint density at radius 2 is 1.90 bits per heavy atom. The van der Waals surface area contributed by atoms with Gasteiger partial charge in [0, 0.05) is 10.2 Å². The Kier molecular flexibility index (Phi) is 4.06. The molecule has 1 aliphatic rings. The zero-order valence-electron chi connectivity index (χ0n) is 6.53. The van der Waals surface area contributed by atoms with Crippen molar-refractivity contribution in [3.63, 3.8) is 0 Å². The van der Waals surface area contributed by atoms with E-state index in [1.54, 1.807) is 0 Å². The molecule has 0 spiro atoms. The van der Waals surface area contributed by atoms with Crippen LogP contribution in [0, 0.1) is 5.92 Å². The van der Waals surface area contributed by atoms with E-state index in [0.717, 1.165) is 12.1 Å². The van der Waals surface area contributed by atoms with Crippen LogP contribution >= 0.6 is 0 Å². The van der Waals surface area contributed by atoms with E-state index in [2.05, 4.69) is 15.6 Å². The van der Waals surface area contributed by atoms with E-state index < -0.39 is 0 Å². The second kappa shape index (κ2) is 4.91. The molecule has 10 heavy (non-hydrogen) atoms. The van der Waals surface area contributed by atoms with Gasteiger partial charge in [0.1, 0.15) is 0 Å². The molecule has 57 valence electrons. The molecule has 1 rings (SSSR count). The molecule has 0 heterocycles. The molecule has 1 N–H and O–H groups in total. The number of nitrogens with one attached hydrogen (secondary N) is 1. The van der Waals surface area contributed by atoms with Crippen molar-refractivity contribution < 1.29 is 0 Å². The summed E-state index contributed by atoms with van der Waals surface area (Å²) in [6.45, 7) is 1.21. The molecule has 0 aromatic heterocycles. The molecule has 2 heteroatoms. The van der Waals surface area contributed by atoms with E-state index in [1.807, 2.05) is 0 Å². The van der Waals surface area contributed by atoms with E-state index in [9.17, 15) is 0 Å². The van der Waals surface area contributed by atoms with Crippen LogP contribution in [0.3, 0.4) is 0 Å². The van der Waals surface area contributed by atoms with Crippen molar-refractivity contribution in [3.05, 3.63) is 0 Å². The second-order valence-electron chi connectivity index (χ2n) is 3.13. The van der Waals surface area contributed by atoms with Gasteiger partial charge in [0.2, 0.25) is 0 Å². The van der Waals surface area contributed by atoms with Gasteiger partial charge in [-0.2, -0.15) is 0 Å². The molecule has 0 aromatic rings. The molecule has 1 fully saturated rings. The van der Waals surface area contributed by atoms with Crippen LogP contribution in [0.5, 0.6) is 0 Å². The van der Waals surface area contributed by atoms with Gasteiger partial charge in [0.05, 0.1) is 0 Å². The maximum atomic E-state index is 3.41. The predicted molar refractivity (Wildman–Crippen MR) is 45.2 cm³/mol. The summed E-state index contributed by atoms with van der Waals surface area (Å²) in [5, 5.41) is 3.33. The average Bonchev–Trinajstić information content (AvgIpc) is 2.03. The van der Waals surface area contributed by atoms with E-state index in [-0.39, 0.29) is 0 Å². The molecule has 0 bridgehead atoms. The van der Waals surface area contributed by atoms with Crippen molar-refractivity contribution in [1.29, 1.82) is 0 Å². The van der Waals surface area contributed by atoms with Crippen LogP contribution in [0.4, 0.5) is 0 Å². The van der Waals surface area contributed by atoms with Crippen LogP contribution in [0.2, 0.25) is 0 Å². The van der Waals surface area contributed by atoms with Gasteiger partial charge in [-0.3, -0.25) is 0 Å². The lowest BCUT2D eigenvalue weighted by Gasteiger charge is -2.21. The van der Waals surface area contributed by atoms with Gasteiger partial charge in [-0.15, -0.1) is 0 Å². The van der Waals surface area contributed by atoms with Gasteiger partial charge in [-0.1, -0.05) is 19.3 Å². The normalized spacial score (nSPS) is 21.3. The fraction of sp³-hybridized carbons (Fsp3) is 1.00. The fourth-order valence-corrected chi connectivity index (χ4v) is 1.81. The SMILES string of the molecule is [Si]CNCC1CCCCC1. The van der Waals surface area contributed by atoms with Gasteiger partial charge >= 0.3 is 0 Å². The van der Waals surface area contributed by atoms with Crippen LogP contribution in [-0.4, -0.2) is 23.0 Å². The first-order valence-electron chi connectivity index (χ1n) is 4.29. The lowest BCUT2D eigenvalue weighted by Crippen LogP contribution is -2.25. The molecule has 1 nitrogen and oxygen atoms in total. The molecular formula is C8H16NSi. The quantitative estimate of drug-likeness (QED) is 0.604. The van der Waals surface area contributed by atoms with Crippen LogP contribution in [0.1, 0.15) is 32.1 Å². The lowest BCUT2D eigenvalue weighted by molar-refractivity contribution is 0.348. The van der Waals surface area contributed by atoms with Crippen molar-refractivity contribution in [2.75, 3.05) is 12.7 Å². The third-order valence-electron chi connectivity index (χ3n) is 2.28. The molecule has 0 unspecified atom stereocenters. The van der Waals surface area contributed by atoms with E-state index in [1.165, 1.54) is 38.6 Å². The molecular weight excluding hydrogens is 138 g/mol. The zero-order chi connectivity index (χ0) is 7.23. The van der Waals surface area contributed by atoms with Crippen molar-refractivity contribution in [3.8, 4) is 0 Å². The highest BCUT2D eigenvalue weighted by molar-refractivity contribution is 6.08. The molecule has 1 saturated carbocycles. The van der Waals surface area contributed by atoms with Crippen LogP contribution in [0.15, 0.2) is 0 Å². The average molecular weight is 154 g/mol. The highest BCUT2D eigenvalue weighted by atomic mass is 28.1. The van der Waals surface area contributed by atoms with Gasteiger partial charge in [-0.25, -0.2) is 0 Å². The summed E-state index contributed by atoms with van der Waals surface area (Å²) >= 11 is 0. The largest absolute Gasteiger partial charge is 0.320 e. The lowest BCUT2D eigenvalue weighted by atomic mass is 9.89. The van der Waals surface area contributed by atoms with Crippen molar-refractivity contribution in [1.82, 2.24) is 5.32 Å². The second-order valence-corrected chi connectivity index (χ2v) is 3.49. The Morgan fingerprint density at radius 1 is 1.20 bits per heavy atom. The molecule has 0 amide bonds. The molecule has 1 aliphatic carbocycles. The Bertz CT molecular complexity index is 79.3. The number of hydrogen-bond acceptors (Lipinski definition) is 1. The molecule has 0 aromatic carbocycles. The highest BCUT2D eigenvalue weighted by Crippen LogP contribution is 2.22. The van der Waals surface area contributed by atoms with Gasteiger partial charge in [-0.05, 0) is 31.5 Å². The first-order chi connectivity index (χ1) is 4.93. The zero-order valence-corrected chi connectivity index (χ0v) is 7.53. The first kappa shape index (κ1) is 8.28. The Hall–Kier alpha value is 0.177. The summed E-state index contributed by atoms with van der Waals surface area (Å²) in [7, 11) is 3.41. The summed E-state index contributed by atoms with van der Waals surface area (Å²) in [6.07, 6.45) is 8.20. The van der Waals surface area contributed by atoms with Gasteiger partial charge < -0.3 is 5.32 Å². The van der Waals surface area contributed by atoms with Crippen molar-refractivity contribution in [2.45, 2.75) is 32.1 Å². The van der Waals surface area contributed by atoms with Gasteiger partial charge in [0.15, 0.2) is 0 Å². The summed E-state index contributed by atoms with van der Waals surface area (Å²) in [6, 6.07) is 0. The minimum absolute atomic E-state index is 0.941. The topological polar surface area (TPSA) is 12.0 Å². The van der Waals surface area contributed by atoms with Crippen LogP contribution in [0.25, 0.3) is 0 Å². The predicted octanol–water partition coefficient (Wildman–Crippen LogP) is 1.28. The molecule has 3 radical (unpaired) electrons. The maximum absolute atomic E-state index is 3.41. The molecule has 0 saturated heterocycles. The Balaban J connectivity index is 2.02. The standard InChI is InChI=1S/C8H16NSi/c10-7-9-6-8-4-2-1-3-5-8/h8-9H,1-7H2. The smallest absolute Gasteiger partial charge is 0.0428 e. The summed E-state index contributed by atoms with van der Waals surface area (Å²) in [5.74, 6) is 0.963. The van der Waals surface area contributed by atoms with E-state index in [0.29, 0.717) is 0 Å². The van der Waals surface area contributed by atoms with Crippen molar-refractivity contribution >= 4 is 10.2 Å². The summed E-state index contributed by atoms with van der Waals surface area (Å²) in [5.41, 5.74) is 0. The first-order valence-corrected chi connectivity index (χ1v) is 4.99. The van der Waals surface area contributed by atoms with Gasteiger partial charge in [0.25, 0.3) is 0 Å². The van der Waals surface area contributed by atoms with E-state index in [4.69, 9.17) is 0 Å². The maximum Gasteiger partial charge on any atom is 0.0428 e. The fourth-order valence-electron chi connectivity index (χ4n) is 1.67. The third-order valence-corrected chi connectivity index (χ3v) is 2.53. The molecule has 0 aliphatic heterocycles.